The fraction of sp³-hybridized carbons (Fsp3) is 1.00. The van der Waals surface area contributed by atoms with Gasteiger partial charge in [0.05, 0.1) is 72.7 Å². The molecule has 0 amide bonds. The van der Waals surface area contributed by atoms with Crippen LogP contribution >= 0.6 is 12.6 Å². The molecular weight excluding hydrogens is 392 g/mol. The van der Waals surface area contributed by atoms with Gasteiger partial charge in [0.15, 0.2) is 0 Å². The highest BCUT2D eigenvalue weighted by Crippen LogP contribution is 2.08. The van der Waals surface area contributed by atoms with Gasteiger partial charge in [-0.05, 0) is 6.42 Å². The molecule has 29 heavy (non-hydrogen) atoms. The molecule has 0 aromatic heterocycles. The smallest absolute Gasteiger partial charge is 0.0701 e. The Morgan fingerprint density at radius 1 is 0.379 bits per heavy atom. The van der Waals surface area contributed by atoms with E-state index in [1.165, 1.54) is 44.9 Å². The Morgan fingerprint density at radius 3 is 1.07 bits per heavy atom. The van der Waals surface area contributed by atoms with Crippen LogP contribution in [0.3, 0.4) is 0 Å². The maximum atomic E-state index is 5.59. The first-order chi connectivity index (χ1) is 14.4. The van der Waals surface area contributed by atoms with E-state index < -0.39 is 0 Å². The van der Waals surface area contributed by atoms with Crippen molar-refractivity contribution >= 4 is 12.6 Å². The van der Waals surface area contributed by atoms with Crippen LogP contribution in [-0.2, 0) is 28.4 Å². The first-order valence-corrected chi connectivity index (χ1v) is 12.1. The van der Waals surface area contributed by atoms with Gasteiger partial charge in [-0.1, -0.05) is 51.9 Å². The van der Waals surface area contributed by atoms with Crippen molar-refractivity contribution in [2.45, 2.75) is 58.3 Å². The molecule has 0 saturated heterocycles. The van der Waals surface area contributed by atoms with Gasteiger partial charge in [0.1, 0.15) is 0 Å². The second kappa shape index (κ2) is 28.1. The SMILES string of the molecule is CCCCCCCCCCOCCOCCOCCOCCOCCOCCS. The normalized spacial score (nSPS) is 11.4. The second-order valence-electron chi connectivity index (χ2n) is 6.87. The minimum atomic E-state index is 0.571. The maximum Gasteiger partial charge on any atom is 0.0701 e. The van der Waals surface area contributed by atoms with E-state index in [2.05, 4.69) is 19.6 Å². The van der Waals surface area contributed by atoms with Crippen LogP contribution < -0.4 is 0 Å². The minimum absolute atomic E-state index is 0.571. The maximum absolute atomic E-state index is 5.59. The van der Waals surface area contributed by atoms with E-state index in [9.17, 15) is 0 Å². The van der Waals surface area contributed by atoms with Gasteiger partial charge in [-0.15, -0.1) is 0 Å². The molecule has 0 aliphatic rings. The zero-order chi connectivity index (χ0) is 21.1. The Kier molecular flexibility index (Phi) is 28.2. The third-order valence-corrected chi connectivity index (χ3v) is 4.42. The molecule has 0 bridgehead atoms. The molecular formula is C22H46O6S. The summed E-state index contributed by atoms with van der Waals surface area (Å²) in [7, 11) is 0. The van der Waals surface area contributed by atoms with Gasteiger partial charge < -0.3 is 28.4 Å². The Labute approximate surface area is 184 Å². The first kappa shape index (κ1) is 29.1. The van der Waals surface area contributed by atoms with Crippen molar-refractivity contribution in [2.75, 3.05) is 85.0 Å². The topological polar surface area (TPSA) is 55.4 Å². The Balaban J connectivity index is 2.97. The molecule has 0 aromatic rings. The highest BCUT2D eigenvalue weighted by molar-refractivity contribution is 7.80. The number of unbranched alkanes of at least 4 members (excludes halogenated alkanes) is 7. The molecule has 0 saturated carbocycles. The van der Waals surface area contributed by atoms with Gasteiger partial charge in [-0.25, -0.2) is 0 Å². The predicted molar refractivity (Wildman–Crippen MR) is 121 cm³/mol. The fourth-order valence-corrected chi connectivity index (χ4v) is 2.73. The van der Waals surface area contributed by atoms with Crippen LogP contribution in [0.25, 0.3) is 0 Å². The summed E-state index contributed by atoms with van der Waals surface area (Å²) >= 11 is 4.06. The van der Waals surface area contributed by atoms with E-state index in [0.29, 0.717) is 72.7 Å². The third kappa shape index (κ3) is 28.1. The van der Waals surface area contributed by atoms with Crippen LogP contribution in [-0.4, -0.2) is 85.0 Å². The summed E-state index contributed by atoms with van der Waals surface area (Å²) in [6.45, 7) is 9.73. The van der Waals surface area contributed by atoms with Crippen molar-refractivity contribution in [3.05, 3.63) is 0 Å². The van der Waals surface area contributed by atoms with Crippen molar-refractivity contribution in [3.8, 4) is 0 Å². The molecule has 0 N–H and O–H groups in total. The first-order valence-electron chi connectivity index (χ1n) is 11.5. The summed E-state index contributed by atoms with van der Waals surface area (Å²) < 4.78 is 32.6. The molecule has 0 aliphatic heterocycles. The van der Waals surface area contributed by atoms with E-state index >= 15 is 0 Å². The standard InChI is InChI=1S/C22H46O6S/c1-2-3-4-5-6-7-8-9-10-23-11-12-24-13-14-25-15-16-26-17-18-27-19-20-28-21-22-29/h29H,2-22H2,1H3. The van der Waals surface area contributed by atoms with Crippen molar-refractivity contribution < 1.29 is 28.4 Å². The molecule has 0 aromatic carbocycles. The van der Waals surface area contributed by atoms with Gasteiger partial charge in [0.25, 0.3) is 0 Å². The summed E-state index contributed by atoms with van der Waals surface area (Å²) in [6, 6.07) is 0. The van der Waals surface area contributed by atoms with Crippen LogP contribution in [0, 0.1) is 0 Å². The van der Waals surface area contributed by atoms with Crippen LogP contribution in [0.2, 0.25) is 0 Å². The summed E-state index contributed by atoms with van der Waals surface area (Å²) in [6.07, 6.45) is 10.6. The van der Waals surface area contributed by atoms with E-state index in [1.807, 2.05) is 0 Å². The molecule has 0 unspecified atom stereocenters. The largest absolute Gasteiger partial charge is 0.379 e. The lowest BCUT2D eigenvalue weighted by Crippen LogP contribution is -2.14. The van der Waals surface area contributed by atoms with Gasteiger partial charge in [0.2, 0.25) is 0 Å². The summed E-state index contributed by atoms with van der Waals surface area (Å²) in [5, 5.41) is 0. The Morgan fingerprint density at radius 2 is 0.690 bits per heavy atom. The lowest BCUT2D eigenvalue weighted by Gasteiger charge is -2.08. The van der Waals surface area contributed by atoms with Gasteiger partial charge in [-0.2, -0.15) is 12.6 Å². The second-order valence-corrected chi connectivity index (χ2v) is 7.32. The number of rotatable bonds is 26. The van der Waals surface area contributed by atoms with Crippen LogP contribution in [0.4, 0.5) is 0 Å². The summed E-state index contributed by atoms with van der Waals surface area (Å²) in [5.41, 5.74) is 0. The monoisotopic (exact) mass is 438 g/mol. The highest BCUT2D eigenvalue weighted by atomic mass is 32.1. The summed E-state index contributed by atoms with van der Waals surface area (Å²) in [4.78, 5) is 0. The highest BCUT2D eigenvalue weighted by Gasteiger charge is 1.95. The zero-order valence-electron chi connectivity index (χ0n) is 18.7. The number of ether oxygens (including phenoxy) is 6. The summed E-state index contributed by atoms with van der Waals surface area (Å²) in [5.74, 6) is 0.737. The molecule has 0 fully saturated rings. The molecule has 0 spiro atoms. The molecule has 0 radical (unpaired) electrons. The van der Waals surface area contributed by atoms with Crippen LogP contribution in [0.5, 0.6) is 0 Å². The lowest BCUT2D eigenvalue weighted by molar-refractivity contribution is -0.0162. The molecule has 0 heterocycles. The minimum Gasteiger partial charge on any atom is -0.379 e. The van der Waals surface area contributed by atoms with Crippen molar-refractivity contribution in [1.29, 1.82) is 0 Å². The molecule has 6 nitrogen and oxygen atoms in total. The number of hydrogen-bond acceptors (Lipinski definition) is 7. The van der Waals surface area contributed by atoms with E-state index in [-0.39, 0.29) is 0 Å². The van der Waals surface area contributed by atoms with Crippen molar-refractivity contribution in [2.24, 2.45) is 0 Å². The van der Waals surface area contributed by atoms with Crippen molar-refractivity contribution in [3.63, 3.8) is 0 Å². The molecule has 0 atom stereocenters. The third-order valence-electron chi connectivity index (χ3n) is 4.24. The fourth-order valence-electron chi connectivity index (χ4n) is 2.60. The van der Waals surface area contributed by atoms with Gasteiger partial charge >= 0.3 is 0 Å². The number of hydrogen-bond donors (Lipinski definition) is 1. The van der Waals surface area contributed by atoms with E-state index in [0.717, 1.165) is 18.8 Å². The average molecular weight is 439 g/mol. The van der Waals surface area contributed by atoms with Gasteiger partial charge in [0, 0.05) is 12.4 Å². The van der Waals surface area contributed by atoms with E-state index in [4.69, 9.17) is 28.4 Å². The molecule has 0 aliphatic carbocycles. The van der Waals surface area contributed by atoms with Crippen LogP contribution in [0.1, 0.15) is 58.3 Å². The number of thiol groups is 1. The average Bonchev–Trinajstić information content (AvgIpc) is 2.74. The molecule has 176 valence electrons. The molecule has 0 rings (SSSR count). The lowest BCUT2D eigenvalue weighted by atomic mass is 10.1. The Hall–Kier alpha value is 0.110. The van der Waals surface area contributed by atoms with Crippen molar-refractivity contribution in [1.82, 2.24) is 0 Å². The van der Waals surface area contributed by atoms with Gasteiger partial charge in [-0.3, -0.25) is 0 Å². The quantitative estimate of drug-likeness (QED) is 0.162. The zero-order valence-corrected chi connectivity index (χ0v) is 19.6. The predicted octanol–water partition coefficient (Wildman–Crippen LogP) is 4.16. The molecule has 7 heteroatoms. The van der Waals surface area contributed by atoms with Crippen LogP contribution in [0.15, 0.2) is 0 Å². The van der Waals surface area contributed by atoms with E-state index in [1.54, 1.807) is 0 Å². The Bertz CT molecular complexity index is 258.